The first-order chi connectivity index (χ1) is 15.6. The fourth-order valence-corrected chi connectivity index (χ4v) is 6.16. The number of terminal acetylenes is 1. The summed E-state index contributed by atoms with van der Waals surface area (Å²) in [5.74, 6) is 3.43. The van der Waals surface area contributed by atoms with Gasteiger partial charge in [-0.2, -0.15) is 0 Å². The first-order valence-electron chi connectivity index (χ1n) is 11.0. The number of fused-ring (bicyclic) bond motifs is 4. The predicted molar refractivity (Wildman–Crippen MR) is 127 cm³/mol. The van der Waals surface area contributed by atoms with Crippen LogP contribution in [0.4, 0.5) is 5.82 Å². The average Bonchev–Trinajstić information content (AvgIpc) is 3.47. The smallest absolute Gasteiger partial charge is 0.147 e. The van der Waals surface area contributed by atoms with Gasteiger partial charge in [0.15, 0.2) is 0 Å². The number of aromatic nitrogens is 4. The molecule has 3 aromatic heterocycles. The van der Waals surface area contributed by atoms with Crippen LogP contribution in [0.5, 0.6) is 0 Å². The van der Waals surface area contributed by atoms with E-state index in [1.165, 1.54) is 6.33 Å². The van der Waals surface area contributed by atoms with Gasteiger partial charge in [0.1, 0.15) is 23.5 Å². The van der Waals surface area contributed by atoms with Gasteiger partial charge in [-0.3, -0.25) is 10.3 Å². The number of hydrogen-bond donors (Lipinski definition) is 3. The highest BCUT2D eigenvalue weighted by atomic mass is 15.2. The normalized spacial score (nSPS) is 24.4. The number of benzene rings is 1. The number of nitrogens with two attached hydrogens (primary N) is 2. The Labute approximate surface area is 186 Å². The van der Waals surface area contributed by atoms with Crippen LogP contribution in [-0.4, -0.2) is 31.7 Å². The maximum Gasteiger partial charge on any atom is 0.147 e. The molecule has 0 atom stereocenters. The van der Waals surface area contributed by atoms with Gasteiger partial charge in [-0.1, -0.05) is 24.1 Å². The van der Waals surface area contributed by atoms with Crippen molar-refractivity contribution in [2.24, 2.45) is 5.73 Å². The summed E-state index contributed by atoms with van der Waals surface area (Å²) < 4.78 is 2.28. The highest BCUT2D eigenvalue weighted by molar-refractivity contribution is 6.04. The van der Waals surface area contributed by atoms with E-state index in [2.05, 4.69) is 37.9 Å². The molecule has 0 radical (unpaired) electrons. The summed E-state index contributed by atoms with van der Waals surface area (Å²) in [6, 6.07) is 10.2. The Morgan fingerprint density at radius 1 is 1.12 bits per heavy atom. The minimum absolute atomic E-state index is 0.0699. The lowest BCUT2D eigenvalue weighted by Crippen LogP contribution is -2.44. The molecule has 0 amide bonds. The van der Waals surface area contributed by atoms with Crippen molar-refractivity contribution in [3.63, 3.8) is 0 Å². The summed E-state index contributed by atoms with van der Waals surface area (Å²) in [4.78, 5) is 13.7. The summed E-state index contributed by atoms with van der Waals surface area (Å²) in [5, 5.41) is 5.40. The number of nitrogens with one attached hydrogen (secondary N) is 1. The number of anilines is 1. The molecular weight excluding hydrogens is 398 g/mol. The van der Waals surface area contributed by atoms with E-state index in [1.807, 2.05) is 24.4 Å². The SMILES string of the molecule is C#Cc1c(-c2cnc3ccccc3c2)c2c(N)ncnc2n1C12CCC(NCN)(CC1)C2. The fraction of sp³-hybridized carbons (Fsp3) is 0.320. The zero-order valence-corrected chi connectivity index (χ0v) is 17.8. The fourth-order valence-electron chi connectivity index (χ4n) is 6.16. The molecule has 3 heterocycles. The summed E-state index contributed by atoms with van der Waals surface area (Å²) in [7, 11) is 0. The zero-order chi connectivity index (χ0) is 21.9. The van der Waals surface area contributed by atoms with Crippen molar-refractivity contribution in [2.75, 3.05) is 12.4 Å². The Kier molecular flexibility index (Phi) is 4.06. The van der Waals surface area contributed by atoms with Crippen molar-refractivity contribution in [1.82, 2.24) is 24.8 Å². The minimum atomic E-state index is -0.106. The van der Waals surface area contributed by atoms with Gasteiger partial charge >= 0.3 is 0 Å². The molecule has 4 aromatic rings. The third kappa shape index (κ3) is 2.54. The van der Waals surface area contributed by atoms with E-state index in [0.717, 1.165) is 70.9 Å². The lowest BCUT2D eigenvalue weighted by Gasteiger charge is -2.30. The first kappa shape index (κ1) is 19.2. The largest absolute Gasteiger partial charge is 0.383 e. The highest BCUT2D eigenvalue weighted by Gasteiger charge is 2.56. The molecule has 2 aliphatic carbocycles. The average molecular weight is 424 g/mol. The monoisotopic (exact) mass is 423 g/mol. The second-order valence-electron chi connectivity index (χ2n) is 9.14. The van der Waals surface area contributed by atoms with Crippen molar-refractivity contribution >= 4 is 27.8 Å². The standard InChI is InChI=1S/C25H25N7/c1-2-19-20(17-11-16-5-3-4-6-18(16)28-12-17)21-22(27)29-15-30-23(21)32(19)25-9-7-24(13-25,8-10-25)31-14-26/h1,3-6,11-12,15,31H,7-10,13-14,26H2,(H2,27,29,30). The maximum atomic E-state index is 6.43. The minimum Gasteiger partial charge on any atom is -0.383 e. The Hall–Kier alpha value is -3.47. The van der Waals surface area contributed by atoms with E-state index in [4.69, 9.17) is 22.9 Å². The lowest BCUT2D eigenvalue weighted by molar-refractivity contribution is 0.289. The third-order valence-electron chi connectivity index (χ3n) is 7.55. The molecular formula is C25H25N7. The molecule has 0 aliphatic heterocycles. The molecule has 0 unspecified atom stereocenters. The molecule has 2 saturated carbocycles. The second-order valence-corrected chi connectivity index (χ2v) is 9.14. The van der Waals surface area contributed by atoms with Gasteiger partial charge in [0, 0.05) is 40.5 Å². The topological polar surface area (TPSA) is 108 Å². The highest BCUT2D eigenvalue weighted by Crippen LogP contribution is 2.57. The number of hydrogen-bond acceptors (Lipinski definition) is 6. The van der Waals surface area contributed by atoms with Crippen LogP contribution in [0.25, 0.3) is 33.1 Å². The summed E-state index contributed by atoms with van der Waals surface area (Å²) in [6.45, 7) is 0.480. The van der Waals surface area contributed by atoms with Crippen LogP contribution in [0.2, 0.25) is 0 Å². The molecule has 160 valence electrons. The van der Waals surface area contributed by atoms with Crippen LogP contribution in [-0.2, 0) is 5.54 Å². The van der Waals surface area contributed by atoms with Gasteiger partial charge in [0.2, 0.25) is 0 Å². The van der Waals surface area contributed by atoms with Crippen molar-refractivity contribution < 1.29 is 0 Å². The van der Waals surface area contributed by atoms with Crippen LogP contribution in [0.15, 0.2) is 42.9 Å². The van der Waals surface area contributed by atoms with Gasteiger partial charge in [0.25, 0.3) is 0 Å². The Balaban J connectivity index is 1.64. The van der Waals surface area contributed by atoms with Gasteiger partial charge in [-0.15, -0.1) is 6.42 Å². The molecule has 2 aliphatic rings. The van der Waals surface area contributed by atoms with E-state index >= 15 is 0 Å². The van der Waals surface area contributed by atoms with Gasteiger partial charge in [0.05, 0.1) is 10.9 Å². The number of rotatable bonds is 4. The molecule has 0 saturated heterocycles. The summed E-state index contributed by atoms with van der Waals surface area (Å²) in [6.07, 6.45) is 14.8. The van der Waals surface area contributed by atoms with E-state index in [-0.39, 0.29) is 11.1 Å². The second kappa shape index (κ2) is 6.76. The van der Waals surface area contributed by atoms with E-state index in [0.29, 0.717) is 12.5 Å². The van der Waals surface area contributed by atoms with Crippen molar-refractivity contribution in [1.29, 1.82) is 0 Å². The first-order valence-corrected chi connectivity index (χ1v) is 11.0. The molecule has 7 nitrogen and oxygen atoms in total. The molecule has 2 bridgehead atoms. The Bertz CT molecular complexity index is 1400. The zero-order valence-electron chi connectivity index (χ0n) is 17.8. The van der Waals surface area contributed by atoms with E-state index < -0.39 is 0 Å². The summed E-state index contributed by atoms with van der Waals surface area (Å²) >= 11 is 0. The third-order valence-corrected chi connectivity index (χ3v) is 7.55. The predicted octanol–water partition coefficient (Wildman–Crippen LogP) is 3.13. The van der Waals surface area contributed by atoms with Crippen LogP contribution in [0, 0.1) is 12.3 Å². The van der Waals surface area contributed by atoms with E-state index in [1.54, 1.807) is 0 Å². The quantitative estimate of drug-likeness (QED) is 0.344. The molecule has 32 heavy (non-hydrogen) atoms. The van der Waals surface area contributed by atoms with Crippen LogP contribution in [0.1, 0.15) is 37.8 Å². The number of nitrogens with zero attached hydrogens (tertiary/aromatic N) is 4. The van der Waals surface area contributed by atoms with Crippen LogP contribution in [0.3, 0.4) is 0 Å². The molecule has 0 spiro atoms. The Morgan fingerprint density at radius 2 is 1.94 bits per heavy atom. The number of pyridine rings is 1. The summed E-state index contributed by atoms with van der Waals surface area (Å²) in [5.41, 5.74) is 16.6. The van der Waals surface area contributed by atoms with Gasteiger partial charge in [-0.25, -0.2) is 9.97 Å². The maximum absolute atomic E-state index is 6.43. The Morgan fingerprint density at radius 3 is 2.72 bits per heavy atom. The molecule has 2 fully saturated rings. The lowest BCUT2D eigenvalue weighted by atomic mass is 9.91. The molecule has 5 N–H and O–H groups in total. The number of nitrogen functional groups attached to an aromatic ring is 1. The van der Waals surface area contributed by atoms with Crippen molar-refractivity contribution in [2.45, 2.75) is 43.2 Å². The molecule has 6 rings (SSSR count). The number of para-hydroxylation sites is 1. The van der Waals surface area contributed by atoms with Crippen molar-refractivity contribution in [3.05, 3.63) is 48.5 Å². The van der Waals surface area contributed by atoms with Crippen LogP contribution < -0.4 is 16.8 Å². The van der Waals surface area contributed by atoms with Gasteiger partial charge < -0.3 is 16.0 Å². The van der Waals surface area contributed by atoms with E-state index in [9.17, 15) is 0 Å². The molecule has 1 aromatic carbocycles. The van der Waals surface area contributed by atoms with Gasteiger partial charge in [-0.05, 0) is 44.2 Å². The van der Waals surface area contributed by atoms with Crippen LogP contribution >= 0.6 is 0 Å². The molecule has 7 heteroatoms. The van der Waals surface area contributed by atoms with Crippen molar-refractivity contribution in [3.8, 4) is 23.5 Å².